The van der Waals surface area contributed by atoms with Crippen molar-refractivity contribution in [2.45, 2.75) is 18.2 Å². The first-order valence-electron chi connectivity index (χ1n) is 5.82. The molecule has 0 saturated heterocycles. The summed E-state index contributed by atoms with van der Waals surface area (Å²) >= 11 is 0. The van der Waals surface area contributed by atoms with E-state index in [0.29, 0.717) is 25.3 Å². The standard InChI is InChI=1S/C12H19NO4S/c1-3-13(2)18(15,16)12-7-5-11(6-8-12)17-10-4-9-14/h5-8,14H,3-4,9-10H2,1-2H3. The summed E-state index contributed by atoms with van der Waals surface area (Å²) in [4.78, 5) is 0.251. The van der Waals surface area contributed by atoms with Gasteiger partial charge in [0.05, 0.1) is 11.5 Å². The van der Waals surface area contributed by atoms with Crippen LogP contribution < -0.4 is 4.74 Å². The lowest BCUT2D eigenvalue weighted by Gasteiger charge is -2.15. The largest absolute Gasteiger partial charge is 0.494 e. The number of hydrogen-bond donors (Lipinski definition) is 1. The Kier molecular flexibility index (Phi) is 5.58. The van der Waals surface area contributed by atoms with E-state index in [4.69, 9.17) is 9.84 Å². The Morgan fingerprint density at radius 1 is 1.28 bits per heavy atom. The highest BCUT2D eigenvalue weighted by Crippen LogP contribution is 2.18. The van der Waals surface area contributed by atoms with Crippen molar-refractivity contribution >= 4 is 10.0 Å². The molecule has 1 aromatic carbocycles. The molecule has 0 aromatic heterocycles. The van der Waals surface area contributed by atoms with Crippen molar-refractivity contribution in [3.05, 3.63) is 24.3 Å². The fraction of sp³-hybridized carbons (Fsp3) is 0.500. The Labute approximate surface area is 108 Å². The third-order valence-electron chi connectivity index (χ3n) is 2.55. The Morgan fingerprint density at radius 3 is 2.39 bits per heavy atom. The molecule has 0 heterocycles. The molecule has 0 aliphatic carbocycles. The van der Waals surface area contributed by atoms with E-state index in [2.05, 4.69) is 0 Å². The molecule has 0 aliphatic heterocycles. The van der Waals surface area contributed by atoms with Gasteiger partial charge in [0.1, 0.15) is 5.75 Å². The lowest BCUT2D eigenvalue weighted by molar-refractivity contribution is 0.233. The lowest BCUT2D eigenvalue weighted by Crippen LogP contribution is -2.26. The Bertz CT molecular complexity index is 455. The van der Waals surface area contributed by atoms with E-state index in [-0.39, 0.29) is 11.5 Å². The van der Waals surface area contributed by atoms with Crippen LogP contribution >= 0.6 is 0 Å². The Balaban J connectivity index is 2.77. The average Bonchev–Trinajstić information content (AvgIpc) is 2.38. The summed E-state index contributed by atoms with van der Waals surface area (Å²) < 4.78 is 30.6. The quantitative estimate of drug-likeness (QED) is 0.755. The molecule has 6 heteroatoms. The zero-order valence-corrected chi connectivity index (χ0v) is 11.5. The first kappa shape index (κ1) is 14.9. The predicted molar refractivity (Wildman–Crippen MR) is 69.1 cm³/mol. The number of sulfonamides is 1. The summed E-state index contributed by atoms with van der Waals surface area (Å²) in [7, 11) is -1.85. The second-order valence-electron chi connectivity index (χ2n) is 3.82. The highest BCUT2D eigenvalue weighted by Gasteiger charge is 2.18. The van der Waals surface area contributed by atoms with E-state index >= 15 is 0 Å². The second-order valence-corrected chi connectivity index (χ2v) is 5.86. The number of nitrogens with zero attached hydrogens (tertiary/aromatic N) is 1. The van der Waals surface area contributed by atoms with Crippen LogP contribution in [0.1, 0.15) is 13.3 Å². The van der Waals surface area contributed by atoms with Crippen LogP contribution in [-0.2, 0) is 10.0 Å². The summed E-state index contributed by atoms with van der Waals surface area (Å²) in [6, 6.07) is 6.28. The van der Waals surface area contributed by atoms with Gasteiger partial charge in [-0.05, 0) is 24.3 Å². The van der Waals surface area contributed by atoms with Crippen molar-refractivity contribution in [3.8, 4) is 5.75 Å². The van der Waals surface area contributed by atoms with Gasteiger partial charge in [-0.3, -0.25) is 0 Å². The monoisotopic (exact) mass is 273 g/mol. The normalized spacial score (nSPS) is 11.8. The number of aliphatic hydroxyl groups is 1. The zero-order chi connectivity index (χ0) is 13.6. The highest BCUT2D eigenvalue weighted by molar-refractivity contribution is 7.89. The Hall–Kier alpha value is -1.11. The van der Waals surface area contributed by atoms with E-state index < -0.39 is 10.0 Å². The van der Waals surface area contributed by atoms with Gasteiger partial charge in [-0.2, -0.15) is 0 Å². The van der Waals surface area contributed by atoms with Crippen LogP contribution in [0.25, 0.3) is 0 Å². The smallest absolute Gasteiger partial charge is 0.242 e. The maximum Gasteiger partial charge on any atom is 0.242 e. The summed E-state index contributed by atoms with van der Waals surface area (Å²) in [5.41, 5.74) is 0. The molecule has 102 valence electrons. The van der Waals surface area contributed by atoms with Gasteiger partial charge < -0.3 is 9.84 Å². The number of rotatable bonds is 7. The maximum atomic E-state index is 12.0. The molecule has 0 radical (unpaired) electrons. The molecule has 0 fully saturated rings. The van der Waals surface area contributed by atoms with E-state index in [1.54, 1.807) is 26.1 Å². The maximum absolute atomic E-state index is 12.0. The third-order valence-corrected chi connectivity index (χ3v) is 4.50. The van der Waals surface area contributed by atoms with Crippen LogP contribution in [0.15, 0.2) is 29.2 Å². The second kappa shape index (κ2) is 6.72. The van der Waals surface area contributed by atoms with Crippen LogP contribution in [0.4, 0.5) is 0 Å². The highest BCUT2D eigenvalue weighted by atomic mass is 32.2. The Morgan fingerprint density at radius 2 is 1.89 bits per heavy atom. The fourth-order valence-corrected chi connectivity index (χ4v) is 2.49. The van der Waals surface area contributed by atoms with Crippen molar-refractivity contribution in [1.29, 1.82) is 0 Å². The molecule has 1 rings (SSSR count). The van der Waals surface area contributed by atoms with Crippen LogP contribution in [-0.4, -0.2) is 44.6 Å². The molecule has 0 spiro atoms. The molecule has 18 heavy (non-hydrogen) atoms. The van der Waals surface area contributed by atoms with Gasteiger partial charge in [-0.1, -0.05) is 6.92 Å². The van der Waals surface area contributed by atoms with Crippen molar-refractivity contribution in [3.63, 3.8) is 0 Å². The summed E-state index contributed by atoms with van der Waals surface area (Å²) in [6.45, 7) is 2.70. The van der Waals surface area contributed by atoms with Gasteiger partial charge >= 0.3 is 0 Å². The molecule has 5 nitrogen and oxygen atoms in total. The number of benzene rings is 1. The summed E-state index contributed by atoms with van der Waals surface area (Å²) in [6.07, 6.45) is 0.554. The van der Waals surface area contributed by atoms with Crippen molar-refractivity contribution in [2.75, 3.05) is 26.8 Å². The van der Waals surface area contributed by atoms with Crippen molar-refractivity contribution < 1.29 is 18.3 Å². The number of ether oxygens (including phenoxy) is 1. The molecule has 0 atom stereocenters. The summed E-state index contributed by atoms with van der Waals surface area (Å²) in [5, 5.41) is 8.62. The zero-order valence-electron chi connectivity index (χ0n) is 10.7. The van der Waals surface area contributed by atoms with Crippen LogP contribution in [0.3, 0.4) is 0 Å². The third kappa shape index (κ3) is 3.69. The average molecular weight is 273 g/mol. The topological polar surface area (TPSA) is 66.8 Å². The molecule has 0 aliphatic rings. The fourth-order valence-electron chi connectivity index (χ4n) is 1.31. The van der Waals surface area contributed by atoms with E-state index in [0.717, 1.165) is 0 Å². The van der Waals surface area contributed by atoms with Gasteiger partial charge in [-0.25, -0.2) is 12.7 Å². The van der Waals surface area contributed by atoms with E-state index in [9.17, 15) is 8.42 Å². The van der Waals surface area contributed by atoms with E-state index in [1.165, 1.54) is 16.4 Å². The molecular formula is C12H19NO4S. The number of hydrogen-bond acceptors (Lipinski definition) is 4. The van der Waals surface area contributed by atoms with Gasteiger partial charge in [-0.15, -0.1) is 0 Å². The molecule has 1 N–H and O–H groups in total. The van der Waals surface area contributed by atoms with Crippen LogP contribution in [0.2, 0.25) is 0 Å². The lowest BCUT2D eigenvalue weighted by atomic mass is 10.3. The molecular weight excluding hydrogens is 254 g/mol. The van der Waals surface area contributed by atoms with Crippen molar-refractivity contribution in [2.24, 2.45) is 0 Å². The minimum Gasteiger partial charge on any atom is -0.494 e. The predicted octanol–water partition coefficient (Wildman–Crippen LogP) is 1.09. The first-order valence-corrected chi connectivity index (χ1v) is 7.26. The molecule has 0 unspecified atom stereocenters. The molecule has 1 aromatic rings. The SMILES string of the molecule is CCN(C)S(=O)(=O)c1ccc(OCCCO)cc1. The molecule has 0 amide bonds. The van der Waals surface area contributed by atoms with E-state index in [1.807, 2.05) is 0 Å². The van der Waals surface area contributed by atoms with Crippen LogP contribution in [0.5, 0.6) is 5.75 Å². The molecule has 0 bridgehead atoms. The number of aliphatic hydroxyl groups excluding tert-OH is 1. The van der Waals surface area contributed by atoms with Gasteiger partial charge in [0.25, 0.3) is 0 Å². The first-order chi connectivity index (χ1) is 8.52. The van der Waals surface area contributed by atoms with Crippen molar-refractivity contribution in [1.82, 2.24) is 4.31 Å². The van der Waals surface area contributed by atoms with Gasteiger partial charge in [0, 0.05) is 26.6 Å². The molecule has 0 saturated carbocycles. The van der Waals surface area contributed by atoms with Gasteiger partial charge in [0.2, 0.25) is 10.0 Å². The summed E-state index contributed by atoms with van der Waals surface area (Å²) in [5.74, 6) is 0.599. The minimum absolute atomic E-state index is 0.0771. The van der Waals surface area contributed by atoms with Crippen LogP contribution in [0, 0.1) is 0 Å². The minimum atomic E-state index is -3.39. The van der Waals surface area contributed by atoms with Gasteiger partial charge in [0.15, 0.2) is 0 Å².